The van der Waals surface area contributed by atoms with E-state index in [1.807, 2.05) is 35.9 Å². The molecule has 0 aliphatic rings. The van der Waals surface area contributed by atoms with Crippen molar-refractivity contribution in [1.29, 1.82) is 0 Å². The van der Waals surface area contributed by atoms with Crippen LogP contribution in [0.15, 0.2) is 17.5 Å². The fourth-order valence-electron chi connectivity index (χ4n) is 1.95. The summed E-state index contributed by atoms with van der Waals surface area (Å²) in [5.41, 5.74) is 6.17. The summed E-state index contributed by atoms with van der Waals surface area (Å²) >= 11 is 1.65. The fraction of sp³-hybridized carbons (Fsp3) is 0.333. The molecular formula is C12H15N3O2S. The van der Waals surface area contributed by atoms with Crippen molar-refractivity contribution in [3.63, 3.8) is 0 Å². The number of rotatable bonds is 3. The predicted octanol–water partition coefficient (Wildman–Crippen LogP) is 2.23. The summed E-state index contributed by atoms with van der Waals surface area (Å²) in [5.74, 6) is 0.543. The molecule has 5 nitrogen and oxygen atoms in total. The molecule has 0 bridgehead atoms. The number of anilines is 1. The molecule has 2 aromatic heterocycles. The number of aryl methyl sites for hydroxylation is 1. The van der Waals surface area contributed by atoms with Crippen molar-refractivity contribution in [2.24, 2.45) is 0 Å². The molecule has 1 unspecified atom stereocenters. The second kappa shape index (κ2) is 4.81. The Morgan fingerprint density at radius 3 is 2.89 bits per heavy atom. The van der Waals surface area contributed by atoms with E-state index in [0.717, 1.165) is 0 Å². The number of nitrogen functional groups attached to an aromatic ring is 1. The summed E-state index contributed by atoms with van der Waals surface area (Å²) in [6, 6.07) is 4.07. The van der Waals surface area contributed by atoms with E-state index in [-0.39, 0.29) is 11.7 Å². The summed E-state index contributed by atoms with van der Waals surface area (Å²) in [6.07, 6.45) is 0. The number of esters is 1. The van der Waals surface area contributed by atoms with Crippen LogP contribution in [0.4, 0.5) is 5.82 Å². The second-order valence-electron chi connectivity index (χ2n) is 3.95. The molecule has 0 aliphatic heterocycles. The third-order valence-corrected chi connectivity index (χ3v) is 3.89. The molecule has 0 radical (unpaired) electrons. The van der Waals surface area contributed by atoms with Gasteiger partial charge in [-0.3, -0.25) is 0 Å². The van der Waals surface area contributed by atoms with Crippen LogP contribution in [0.25, 0.3) is 0 Å². The zero-order valence-electron chi connectivity index (χ0n) is 10.5. The quantitative estimate of drug-likeness (QED) is 0.864. The Hall–Kier alpha value is -1.82. The first kappa shape index (κ1) is 12.6. The van der Waals surface area contributed by atoms with Crippen LogP contribution in [-0.2, 0) is 4.74 Å². The molecule has 2 aromatic rings. The lowest BCUT2D eigenvalue weighted by atomic mass is 10.2. The zero-order valence-corrected chi connectivity index (χ0v) is 11.3. The van der Waals surface area contributed by atoms with Crippen LogP contribution in [0.5, 0.6) is 0 Å². The highest BCUT2D eigenvalue weighted by Gasteiger charge is 2.22. The third-order valence-electron chi connectivity index (χ3n) is 2.85. The Balaban J connectivity index is 2.46. The topological polar surface area (TPSA) is 70.1 Å². The van der Waals surface area contributed by atoms with Crippen LogP contribution in [0.1, 0.15) is 34.2 Å². The Morgan fingerprint density at radius 1 is 1.61 bits per heavy atom. The van der Waals surface area contributed by atoms with Gasteiger partial charge in [-0.2, -0.15) is 0 Å². The van der Waals surface area contributed by atoms with Crippen LogP contribution in [0, 0.1) is 6.92 Å². The number of carbonyl (C=O) groups excluding carboxylic acids is 1. The van der Waals surface area contributed by atoms with Crippen molar-refractivity contribution >= 4 is 23.1 Å². The Bertz CT molecular complexity index is 560. The van der Waals surface area contributed by atoms with E-state index >= 15 is 0 Å². The molecule has 0 saturated carbocycles. The largest absolute Gasteiger partial charge is 0.464 e. The van der Waals surface area contributed by atoms with Crippen molar-refractivity contribution in [3.05, 3.63) is 33.9 Å². The minimum absolute atomic E-state index is 0.0518. The van der Waals surface area contributed by atoms with E-state index in [2.05, 4.69) is 9.72 Å². The average Bonchev–Trinajstić information content (AvgIpc) is 2.96. The van der Waals surface area contributed by atoms with Crippen LogP contribution >= 0.6 is 11.3 Å². The lowest BCUT2D eigenvalue weighted by Gasteiger charge is -2.15. The summed E-state index contributed by atoms with van der Waals surface area (Å²) in [7, 11) is 1.32. The van der Waals surface area contributed by atoms with Gasteiger partial charge in [0.2, 0.25) is 0 Å². The maximum atomic E-state index is 11.5. The van der Waals surface area contributed by atoms with E-state index in [0.29, 0.717) is 11.6 Å². The third kappa shape index (κ3) is 1.99. The van der Waals surface area contributed by atoms with E-state index in [1.165, 1.54) is 12.0 Å². The molecule has 0 amide bonds. The molecule has 2 rings (SSSR count). The van der Waals surface area contributed by atoms with E-state index in [4.69, 9.17) is 5.73 Å². The molecular weight excluding hydrogens is 250 g/mol. The first-order valence-corrected chi connectivity index (χ1v) is 6.40. The maximum Gasteiger partial charge on any atom is 0.360 e. The molecule has 0 aliphatic carbocycles. The molecule has 0 fully saturated rings. The fourth-order valence-corrected chi connectivity index (χ4v) is 2.73. The smallest absolute Gasteiger partial charge is 0.360 e. The summed E-state index contributed by atoms with van der Waals surface area (Å²) in [4.78, 5) is 16.9. The monoisotopic (exact) mass is 265 g/mol. The number of nitrogens with zero attached hydrogens (tertiary/aromatic N) is 2. The maximum absolute atomic E-state index is 11.5. The number of carbonyl (C=O) groups is 1. The van der Waals surface area contributed by atoms with Gasteiger partial charge in [0.1, 0.15) is 11.6 Å². The highest BCUT2D eigenvalue weighted by atomic mass is 32.1. The minimum atomic E-state index is -0.507. The second-order valence-corrected chi connectivity index (χ2v) is 4.93. The molecule has 0 aromatic carbocycles. The number of thiophene rings is 1. The number of aromatic nitrogens is 2. The van der Waals surface area contributed by atoms with Crippen LogP contribution in [-0.4, -0.2) is 22.6 Å². The molecule has 18 heavy (non-hydrogen) atoms. The molecule has 6 heteroatoms. The number of hydrogen-bond donors (Lipinski definition) is 1. The summed E-state index contributed by atoms with van der Waals surface area (Å²) in [6.45, 7) is 3.85. The van der Waals surface area contributed by atoms with Gasteiger partial charge in [-0.1, -0.05) is 6.07 Å². The van der Waals surface area contributed by atoms with E-state index in [9.17, 15) is 4.79 Å². The first-order chi connectivity index (χ1) is 8.56. The standard InChI is InChI=1S/C12H15N3O2S/c1-7(9-5-4-6-18-9)15-8(2)14-10(11(15)13)12(16)17-3/h4-7H,13H2,1-3H3. The van der Waals surface area contributed by atoms with Gasteiger partial charge >= 0.3 is 5.97 Å². The van der Waals surface area contributed by atoms with Gasteiger partial charge in [-0.05, 0) is 25.3 Å². The average molecular weight is 265 g/mol. The lowest BCUT2D eigenvalue weighted by Crippen LogP contribution is -2.12. The molecule has 1 atom stereocenters. The van der Waals surface area contributed by atoms with Gasteiger partial charge in [0.05, 0.1) is 13.2 Å². The van der Waals surface area contributed by atoms with Crippen molar-refractivity contribution in [2.45, 2.75) is 19.9 Å². The number of ether oxygens (including phenoxy) is 1. The van der Waals surface area contributed by atoms with Crippen LogP contribution < -0.4 is 5.73 Å². The van der Waals surface area contributed by atoms with Gasteiger partial charge in [-0.25, -0.2) is 9.78 Å². The number of methoxy groups -OCH3 is 1. The van der Waals surface area contributed by atoms with Gasteiger partial charge in [-0.15, -0.1) is 11.3 Å². The van der Waals surface area contributed by atoms with Crippen LogP contribution in [0.2, 0.25) is 0 Å². The normalized spacial score (nSPS) is 12.4. The van der Waals surface area contributed by atoms with Gasteiger partial charge in [0.15, 0.2) is 5.69 Å². The summed E-state index contributed by atoms with van der Waals surface area (Å²) in [5, 5.41) is 2.01. The zero-order chi connectivity index (χ0) is 13.3. The molecule has 0 spiro atoms. The SMILES string of the molecule is COC(=O)c1nc(C)n(C(C)c2cccs2)c1N. The van der Waals surface area contributed by atoms with Crippen molar-refractivity contribution < 1.29 is 9.53 Å². The number of imidazole rings is 1. The highest BCUT2D eigenvalue weighted by Crippen LogP contribution is 2.28. The van der Waals surface area contributed by atoms with E-state index in [1.54, 1.807) is 11.3 Å². The molecule has 2 N–H and O–H groups in total. The van der Waals surface area contributed by atoms with E-state index < -0.39 is 5.97 Å². The molecule has 2 heterocycles. The highest BCUT2D eigenvalue weighted by molar-refractivity contribution is 7.10. The lowest BCUT2D eigenvalue weighted by molar-refractivity contribution is 0.0595. The van der Waals surface area contributed by atoms with Crippen molar-refractivity contribution in [3.8, 4) is 0 Å². The Labute approximate surface area is 109 Å². The summed E-state index contributed by atoms with van der Waals surface area (Å²) < 4.78 is 6.51. The van der Waals surface area contributed by atoms with Gasteiger partial charge in [0.25, 0.3) is 0 Å². The van der Waals surface area contributed by atoms with Crippen molar-refractivity contribution in [1.82, 2.24) is 9.55 Å². The molecule has 0 saturated heterocycles. The first-order valence-electron chi connectivity index (χ1n) is 5.52. The van der Waals surface area contributed by atoms with Crippen LogP contribution in [0.3, 0.4) is 0 Å². The number of nitrogens with two attached hydrogens (primary N) is 1. The number of hydrogen-bond acceptors (Lipinski definition) is 5. The Kier molecular flexibility index (Phi) is 3.38. The minimum Gasteiger partial charge on any atom is -0.464 e. The Morgan fingerprint density at radius 2 is 2.33 bits per heavy atom. The molecule has 96 valence electrons. The predicted molar refractivity (Wildman–Crippen MR) is 70.8 cm³/mol. The van der Waals surface area contributed by atoms with Gasteiger partial charge in [0, 0.05) is 4.88 Å². The van der Waals surface area contributed by atoms with Gasteiger partial charge < -0.3 is 15.0 Å². The van der Waals surface area contributed by atoms with Crippen molar-refractivity contribution in [2.75, 3.05) is 12.8 Å².